The lowest BCUT2D eigenvalue weighted by Gasteiger charge is -2.19. The van der Waals surface area contributed by atoms with Crippen LogP contribution in [0.5, 0.6) is 0 Å². The summed E-state index contributed by atoms with van der Waals surface area (Å²) >= 11 is 0. The van der Waals surface area contributed by atoms with E-state index in [-0.39, 0.29) is 6.61 Å². The molecular weight excluding hydrogens is 222 g/mol. The van der Waals surface area contributed by atoms with Crippen molar-refractivity contribution in [3.8, 4) is 11.8 Å². The van der Waals surface area contributed by atoms with Crippen molar-refractivity contribution in [2.24, 2.45) is 5.92 Å². The summed E-state index contributed by atoms with van der Waals surface area (Å²) in [6.45, 7) is 6.58. The van der Waals surface area contributed by atoms with E-state index < -0.39 is 0 Å². The molecular formula is C16H23NO. The van der Waals surface area contributed by atoms with E-state index in [9.17, 15) is 0 Å². The fraction of sp³-hybridized carbons (Fsp3) is 0.500. The topological polar surface area (TPSA) is 23.5 Å². The van der Waals surface area contributed by atoms with Gasteiger partial charge in [-0.2, -0.15) is 0 Å². The molecule has 0 atom stereocenters. The number of hydrogen-bond acceptors (Lipinski definition) is 2. The van der Waals surface area contributed by atoms with Crippen LogP contribution < -0.4 is 0 Å². The summed E-state index contributed by atoms with van der Waals surface area (Å²) in [6.07, 6.45) is 0.538. The minimum absolute atomic E-state index is 0.127. The van der Waals surface area contributed by atoms with Crippen LogP contribution in [0, 0.1) is 17.8 Å². The van der Waals surface area contributed by atoms with Crippen LogP contribution in [0.25, 0.3) is 0 Å². The molecule has 1 rings (SSSR count). The van der Waals surface area contributed by atoms with Crippen molar-refractivity contribution in [3.05, 3.63) is 35.4 Å². The first-order valence-electron chi connectivity index (χ1n) is 6.49. The minimum Gasteiger partial charge on any atom is -0.395 e. The van der Waals surface area contributed by atoms with Crippen LogP contribution in [-0.4, -0.2) is 30.2 Å². The first-order chi connectivity index (χ1) is 8.63. The summed E-state index contributed by atoms with van der Waals surface area (Å²) in [5.74, 6) is 6.79. The monoisotopic (exact) mass is 245 g/mol. The maximum absolute atomic E-state index is 8.75. The van der Waals surface area contributed by atoms with Crippen LogP contribution in [0.2, 0.25) is 0 Å². The smallest absolute Gasteiger partial charge is 0.0540 e. The maximum atomic E-state index is 8.75. The Labute approximate surface area is 111 Å². The summed E-state index contributed by atoms with van der Waals surface area (Å²) in [5, 5.41) is 8.75. The SMILES string of the molecule is CC(C)CN(C)Cc1ccccc1C#CCCO. The molecule has 2 heteroatoms. The molecule has 2 nitrogen and oxygen atoms in total. The van der Waals surface area contributed by atoms with Crippen LogP contribution in [0.4, 0.5) is 0 Å². The molecule has 0 aromatic heterocycles. The number of benzene rings is 1. The van der Waals surface area contributed by atoms with Crippen molar-refractivity contribution >= 4 is 0 Å². The second-order valence-electron chi connectivity index (χ2n) is 5.02. The lowest BCUT2D eigenvalue weighted by Crippen LogP contribution is -2.23. The number of rotatable bonds is 5. The van der Waals surface area contributed by atoms with Gasteiger partial charge in [0, 0.05) is 25.1 Å². The van der Waals surface area contributed by atoms with Crippen molar-refractivity contribution in [2.45, 2.75) is 26.8 Å². The molecule has 0 saturated heterocycles. The zero-order valence-electron chi connectivity index (χ0n) is 11.6. The molecule has 0 aliphatic heterocycles. The van der Waals surface area contributed by atoms with Gasteiger partial charge < -0.3 is 10.0 Å². The average Bonchev–Trinajstić information content (AvgIpc) is 2.30. The summed E-state index contributed by atoms with van der Waals surface area (Å²) in [7, 11) is 2.14. The highest BCUT2D eigenvalue weighted by Crippen LogP contribution is 2.11. The van der Waals surface area contributed by atoms with Gasteiger partial charge in [0.15, 0.2) is 0 Å². The molecule has 0 saturated carbocycles. The molecule has 0 fully saturated rings. The zero-order valence-corrected chi connectivity index (χ0v) is 11.6. The molecule has 0 spiro atoms. The number of nitrogens with zero attached hydrogens (tertiary/aromatic N) is 1. The molecule has 1 aromatic rings. The third-order valence-corrected chi connectivity index (χ3v) is 2.59. The first-order valence-corrected chi connectivity index (χ1v) is 6.49. The van der Waals surface area contributed by atoms with E-state index in [0.717, 1.165) is 18.7 Å². The highest BCUT2D eigenvalue weighted by molar-refractivity contribution is 5.41. The van der Waals surface area contributed by atoms with Crippen molar-refractivity contribution in [1.82, 2.24) is 4.90 Å². The number of aliphatic hydroxyl groups is 1. The van der Waals surface area contributed by atoms with E-state index in [1.807, 2.05) is 12.1 Å². The minimum atomic E-state index is 0.127. The Morgan fingerprint density at radius 1 is 1.28 bits per heavy atom. The fourth-order valence-electron chi connectivity index (χ4n) is 1.97. The Bertz CT molecular complexity index is 415. The third kappa shape index (κ3) is 5.35. The number of hydrogen-bond donors (Lipinski definition) is 1. The van der Waals surface area contributed by atoms with Crippen LogP contribution in [0.1, 0.15) is 31.4 Å². The Hall–Kier alpha value is -1.30. The maximum Gasteiger partial charge on any atom is 0.0540 e. The second-order valence-corrected chi connectivity index (χ2v) is 5.02. The molecule has 0 amide bonds. The molecule has 18 heavy (non-hydrogen) atoms. The molecule has 0 heterocycles. The third-order valence-electron chi connectivity index (χ3n) is 2.59. The summed E-state index contributed by atoms with van der Waals surface area (Å²) in [6, 6.07) is 8.23. The second kappa shape index (κ2) is 7.92. The zero-order chi connectivity index (χ0) is 13.4. The van der Waals surface area contributed by atoms with Crippen molar-refractivity contribution in [2.75, 3.05) is 20.2 Å². The van der Waals surface area contributed by atoms with Gasteiger partial charge in [0.1, 0.15) is 0 Å². The molecule has 0 unspecified atom stereocenters. The van der Waals surface area contributed by atoms with Crippen LogP contribution in [0.15, 0.2) is 24.3 Å². The van der Waals surface area contributed by atoms with E-state index in [1.165, 1.54) is 5.56 Å². The van der Waals surface area contributed by atoms with Gasteiger partial charge in [-0.1, -0.05) is 43.9 Å². The Kier molecular flexibility index (Phi) is 6.49. The summed E-state index contributed by atoms with van der Waals surface area (Å²) in [5.41, 5.74) is 2.33. The lowest BCUT2D eigenvalue weighted by atomic mass is 10.1. The molecule has 0 aliphatic rings. The number of aliphatic hydroxyl groups excluding tert-OH is 1. The quantitative estimate of drug-likeness (QED) is 0.806. The van der Waals surface area contributed by atoms with E-state index >= 15 is 0 Å². The molecule has 98 valence electrons. The normalized spacial score (nSPS) is 10.6. The highest BCUT2D eigenvalue weighted by Gasteiger charge is 2.05. The largest absolute Gasteiger partial charge is 0.395 e. The highest BCUT2D eigenvalue weighted by atomic mass is 16.2. The van der Waals surface area contributed by atoms with Crippen molar-refractivity contribution < 1.29 is 5.11 Å². The van der Waals surface area contributed by atoms with Gasteiger partial charge in [0.05, 0.1) is 6.61 Å². The molecule has 0 bridgehead atoms. The van der Waals surface area contributed by atoms with Crippen molar-refractivity contribution in [3.63, 3.8) is 0 Å². The van der Waals surface area contributed by atoms with E-state index in [4.69, 9.17) is 5.11 Å². The van der Waals surface area contributed by atoms with Crippen LogP contribution in [-0.2, 0) is 6.54 Å². The Balaban J connectivity index is 2.73. The lowest BCUT2D eigenvalue weighted by molar-refractivity contribution is 0.288. The standard InChI is InChI=1S/C16H23NO/c1-14(2)12-17(3)13-16-10-5-4-8-15(16)9-6-7-11-18/h4-5,8,10,14,18H,7,11-13H2,1-3H3. The summed E-state index contributed by atoms with van der Waals surface area (Å²) in [4.78, 5) is 2.32. The Morgan fingerprint density at radius 3 is 2.67 bits per heavy atom. The molecule has 0 radical (unpaired) electrons. The first kappa shape index (κ1) is 14.8. The molecule has 1 N–H and O–H groups in total. The predicted octanol–water partition coefficient (Wildman–Crippen LogP) is 2.51. The van der Waals surface area contributed by atoms with Gasteiger partial charge in [-0.3, -0.25) is 0 Å². The average molecular weight is 245 g/mol. The Morgan fingerprint density at radius 2 is 2.00 bits per heavy atom. The van der Waals surface area contributed by atoms with Crippen LogP contribution in [0.3, 0.4) is 0 Å². The summed E-state index contributed by atoms with van der Waals surface area (Å²) < 4.78 is 0. The predicted molar refractivity (Wildman–Crippen MR) is 76.2 cm³/mol. The van der Waals surface area contributed by atoms with Gasteiger partial charge in [0.25, 0.3) is 0 Å². The van der Waals surface area contributed by atoms with Gasteiger partial charge in [-0.15, -0.1) is 0 Å². The molecule has 0 aliphatic carbocycles. The van der Waals surface area contributed by atoms with Crippen LogP contribution >= 0.6 is 0 Å². The van der Waals surface area contributed by atoms with Crippen molar-refractivity contribution in [1.29, 1.82) is 0 Å². The molecule has 1 aromatic carbocycles. The van der Waals surface area contributed by atoms with E-state index in [2.05, 4.69) is 49.8 Å². The van der Waals surface area contributed by atoms with Gasteiger partial charge in [0.2, 0.25) is 0 Å². The van der Waals surface area contributed by atoms with E-state index in [1.54, 1.807) is 0 Å². The van der Waals surface area contributed by atoms with Gasteiger partial charge >= 0.3 is 0 Å². The van der Waals surface area contributed by atoms with Gasteiger partial charge in [-0.25, -0.2) is 0 Å². The van der Waals surface area contributed by atoms with Gasteiger partial charge in [-0.05, 0) is 24.6 Å². The fourth-order valence-corrected chi connectivity index (χ4v) is 1.97. The van der Waals surface area contributed by atoms with E-state index in [0.29, 0.717) is 12.3 Å².